The number of pyridine rings is 1. The van der Waals surface area contributed by atoms with Crippen LogP contribution in [0.5, 0.6) is 0 Å². The number of hydrogen-bond donors (Lipinski definition) is 1. The van der Waals surface area contributed by atoms with Crippen LogP contribution in [0.15, 0.2) is 57.9 Å². The van der Waals surface area contributed by atoms with Crippen LogP contribution in [0.25, 0.3) is 11.0 Å². The van der Waals surface area contributed by atoms with Gasteiger partial charge in [0, 0.05) is 18.6 Å². The zero-order chi connectivity index (χ0) is 15.7. The molecule has 0 spiro atoms. The minimum absolute atomic E-state index is 0.118. The van der Waals surface area contributed by atoms with E-state index in [1.807, 2.05) is 37.3 Å². The predicted molar refractivity (Wildman–Crippen MR) is 83.8 cm³/mol. The Bertz CT molecular complexity index is 845. The van der Waals surface area contributed by atoms with Gasteiger partial charge in [0.25, 0.3) is 11.5 Å². The Labute approximate surface area is 127 Å². The number of benzene rings is 1. The Morgan fingerprint density at radius 1 is 1.23 bits per heavy atom. The summed E-state index contributed by atoms with van der Waals surface area (Å²) in [6.07, 6.45) is 1.50. The number of nitrogens with zero attached hydrogens (tertiary/aromatic N) is 1. The minimum atomic E-state index is -0.392. The number of hydrogen-bond acceptors (Lipinski definition) is 3. The number of amides is 1. The van der Waals surface area contributed by atoms with Gasteiger partial charge in [-0.25, -0.2) is 0 Å². The van der Waals surface area contributed by atoms with Crippen molar-refractivity contribution < 1.29 is 9.21 Å². The number of carbonyl (C=O) groups excluding carboxylic acids is 1. The summed E-state index contributed by atoms with van der Waals surface area (Å²) in [6.45, 7) is 1.87. The Morgan fingerprint density at radius 3 is 2.73 bits per heavy atom. The summed E-state index contributed by atoms with van der Waals surface area (Å²) in [5.74, 6) is 0.346. The fourth-order valence-electron chi connectivity index (χ4n) is 2.36. The van der Waals surface area contributed by atoms with Gasteiger partial charge in [-0.3, -0.25) is 9.59 Å². The number of nitrogens with one attached hydrogen (secondary N) is 1. The molecule has 0 saturated carbocycles. The Morgan fingerprint density at radius 2 is 2.00 bits per heavy atom. The molecule has 1 unspecified atom stereocenters. The normalized spacial score (nSPS) is 12.3. The number of para-hydroxylation sites is 1. The predicted octanol–water partition coefficient (Wildman–Crippen LogP) is 2.95. The van der Waals surface area contributed by atoms with E-state index < -0.39 is 5.56 Å². The van der Waals surface area contributed by atoms with Gasteiger partial charge in [0.05, 0.1) is 6.04 Å². The highest BCUT2D eigenvalue weighted by molar-refractivity contribution is 5.94. The van der Waals surface area contributed by atoms with E-state index in [0.717, 1.165) is 11.0 Å². The number of furan rings is 1. The second-order valence-corrected chi connectivity index (χ2v) is 5.19. The van der Waals surface area contributed by atoms with Crippen molar-refractivity contribution in [2.24, 2.45) is 0 Å². The SMILES string of the molecule is CC(c1cc2ccccc2o1)N(C)C(=O)c1ccc[nH]c1=O. The summed E-state index contributed by atoms with van der Waals surface area (Å²) in [5.41, 5.74) is 0.506. The molecule has 3 rings (SSSR count). The van der Waals surface area contributed by atoms with Gasteiger partial charge in [0.1, 0.15) is 16.9 Å². The first-order valence-electron chi connectivity index (χ1n) is 7.01. The maximum atomic E-state index is 12.5. The number of rotatable bonds is 3. The van der Waals surface area contributed by atoms with Crippen molar-refractivity contribution in [1.82, 2.24) is 9.88 Å². The maximum Gasteiger partial charge on any atom is 0.260 e. The lowest BCUT2D eigenvalue weighted by atomic mass is 10.1. The molecule has 2 aromatic heterocycles. The molecule has 3 aromatic rings. The zero-order valence-electron chi connectivity index (χ0n) is 12.4. The van der Waals surface area contributed by atoms with Gasteiger partial charge in [-0.1, -0.05) is 18.2 Å². The smallest absolute Gasteiger partial charge is 0.260 e. The van der Waals surface area contributed by atoms with Gasteiger partial charge < -0.3 is 14.3 Å². The Kier molecular flexibility index (Phi) is 3.55. The van der Waals surface area contributed by atoms with Crippen molar-refractivity contribution in [2.75, 3.05) is 7.05 Å². The highest BCUT2D eigenvalue weighted by atomic mass is 16.3. The van der Waals surface area contributed by atoms with Crippen LogP contribution in [-0.4, -0.2) is 22.8 Å². The van der Waals surface area contributed by atoms with E-state index in [-0.39, 0.29) is 17.5 Å². The van der Waals surface area contributed by atoms with Gasteiger partial charge >= 0.3 is 0 Å². The van der Waals surface area contributed by atoms with Crippen molar-refractivity contribution in [2.45, 2.75) is 13.0 Å². The van der Waals surface area contributed by atoms with Gasteiger partial charge in [-0.05, 0) is 31.2 Å². The maximum absolute atomic E-state index is 12.5. The van der Waals surface area contributed by atoms with Crippen molar-refractivity contribution >= 4 is 16.9 Å². The molecule has 1 aromatic carbocycles. The topological polar surface area (TPSA) is 66.3 Å². The van der Waals surface area contributed by atoms with Crippen LogP contribution in [0, 0.1) is 0 Å². The third-order valence-electron chi connectivity index (χ3n) is 3.81. The van der Waals surface area contributed by atoms with E-state index in [9.17, 15) is 9.59 Å². The lowest BCUT2D eigenvalue weighted by molar-refractivity contribution is 0.0725. The van der Waals surface area contributed by atoms with E-state index in [2.05, 4.69) is 4.98 Å². The van der Waals surface area contributed by atoms with Crippen LogP contribution in [0.4, 0.5) is 0 Å². The molecule has 2 heterocycles. The highest BCUT2D eigenvalue weighted by Gasteiger charge is 2.23. The van der Waals surface area contributed by atoms with Gasteiger partial charge in [-0.15, -0.1) is 0 Å². The first-order valence-corrected chi connectivity index (χ1v) is 7.01. The Balaban J connectivity index is 1.91. The monoisotopic (exact) mass is 296 g/mol. The summed E-state index contributed by atoms with van der Waals surface area (Å²) in [6, 6.07) is 12.5. The molecule has 0 saturated heterocycles. The summed E-state index contributed by atoms with van der Waals surface area (Å²) in [4.78, 5) is 28.2. The first kappa shape index (κ1) is 14.1. The lowest BCUT2D eigenvalue weighted by Crippen LogP contribution is -2.33. The fourth-order valence-corrected chi connectivity index (χ4v) is 2.36. The molecule has 1 amide bonds. The molecule has 5 nitrogen and oxygen atoms in total. The molecule has 1 N–H and O–H groups in total. The molecule has 0 radical (unpaired) electrons. The van der Waals surface area contributed by atoms with Crippen molar-refractivity contribution in [3.05, 3.63) is 70.3 Å². The number of fused-ring (bicyclic) bond motifs is 1. The van der Waals surface area contributed by atoms with Crippen LogP contribution in [0.2, 0.25) is 0 Å². The van der Waals surface area contributed by atoms with Gasteiger partial charge in [0.2, 0.25) is 0 Å². The molecule has 0 aliphatic rings. The van der Waals surface area contributed by atoms with E-state index in [1.54, 1.807) is 13.1 Å². The molecule has 112 valence electrons. The third-order valence-corrected chi connectivity index (χ3v) is 3.81. The summed E-state index contributed by atoms with van der Waals surface area (Å²) in [5, 5.41) is 0.989. The van der Waals surface area contributed by atoms with E-state index in [4.69, 9.17) is 4.42 Å². The first-order chi connectivity index (χ1) is 10.6. The number of carbonyl (C=O) groups is 1. The van der Waals surface area contributed by atoms with Crippen LogP contribution < -0.4 is 5.56 Å². The van der Waals surface area contributed by atoms with Crippen LogP contribution >= 0.6 is 0 Å². The third kappa shape index (κ3) is 2.41. The second kappa shape index (κ2) is 5.52. The Hall–Kier alpha value is -2.82. The summed E-state index contributed by atoms with van der Waals surface area (Å²) in [7, 11) is 1.66. The summed E-state index contributed by atoms with van der Waals surface area (Å²) < 4.78 is 5.79. The van der Waals surface area contributed by atoms with Gasteiger partial charge in [-0.2, -0.15) is 0 Å². The average molecular weight is 296 g/mol. The van der Waals surface area contributed by atoms with E-state index >= 15 is 0 Å². The number of aromatic nitrogens is 1. The molecular formula is C17H16N2O3. The second-order valence-electron chi connectivity index (χ2n) is 5.19. The van der Waals surface area contributed by atoms with Crippen LogP contribution in [0.3, 0.4) is 0 Å². The molecule has 0 fully saturated rings. The molecule has 0 aliphatic carbocycles. The average Bonchev–Trinajstić information content (AvgIpc) is 2.97. The molecular weight excluding hydrogens is 280 g/mol. The van der Waals surface area contributed by atoms with Crippen LogP contribution in [-0.2, 0) is 0 Å². The largest absolute Gasteiger partial charge is 0.459 e. The quantitative estimate of drug-likeness (QED) is 0.808. The number of aromatic amines is 1. The van der Waals surface area contributed by atoms with Crippen molar-refractivity contribution in [3.8, 4) is 0 Å². The van der Waals surface area contributed by atoms with Crippen molar-refractivity contribution in [3.63, 3.8) is 0 Å². The van der Waals surface area contributed by atoms with Crippen molar-refractivity contribution in [1.29, 1.82) is 0 Å². The number of H-pyrrole nitrogens is 1. The molecule has 0 bridgehead atoms. The fraction of sp³-hybridized carbons (Fsp3) is 0.176. The van der Waals surface area contributed by atoms with Crippen LogP contribution in [0.1, 0.15) is 29.1 Å². The van der Waals surface area contributed by atoms with E-state index in [1.165, 1.54) is 17.2 Å². The molecule has 0 aliphatic heterocycles. The standard InChI is InChI=1S/C17H16N2O3/c1-11(15-10-12-6-3-4-8-14(12)22-15)19(2)17(21)13-7-5-9-18-16(13)20/h3-11H,1-2H3,(H,18,20). The molecule has 22 heavy (non-hydrogen) atoms. The minimum Gasteiger partial charge on any atom is -0.459 e. The summed E-state index contributed by atoms with van der Waals surface area (Å²) >= 11 is 0. The van der Waals surface area contributed by atoms with E-state index in [0.29, 0.717) is 5.76 Å². The molecule has 1 atom stereocenters. The van der Waals surface area contributed by atoms with Gasteiger partial charge in [0.15, 0.2) is 0 Å². The highest BCUT2D eigenvalue weighted by Crippen LogP contribution is 2.27. The zero-order valence-corrected chi connectivity index (χ0v) is 12.4. The molecule has 5 heteroatoms. The lowest BCUT2D eigenvalue weighted by Gasteiger charge is -2.22.